The van der Waals surface area contributed by atoms with Crippen LogP contribution in [0, 0.1) is 11.8 Å². The van der Waals surface area contributed by atoms with Gasteiger partial charge in [-0.05, 0) is 31.1 Å². The summed E-state index contributed by atoms with van der Waals surface area (Å²) < 4.78 is 0. The second kappa shape index (κ2) is 6.11. The molecule has 0 saturated heterocycles. The Kier molecular flexibility index (Phi) is 5.09. The zero-order chi connectivity index (χ0) is 11.3. The lowest BCUT2D eigenvalue weighted by atomic mass is 9.79. The van der Waals surface area contributed by atoms with Crippen LogP contribution in [0.3, 0.4) is 0 Å². The molecule has 0 radical (unpaired) electrons. The highest BCUT2D eigenvalue weighted by Gasteiger charge is 2.23. The maximum absolute atomic E-state index is 11.0. The van der Waals surface area contributed by atoms with Crippen LogP contribution < -0.4 is 10.6 Å². The van der Waals surface area contributed by atoms with Crippen LogP contribution in [0.5, 0.6) is 0 Å². The summed E-state index contributed by atoms with van der Waals surface area (Å²) in [6, 6.07) is 0.626. The van der Waals surface area contributed by atoms with Gasteiger partial charge in [0.05, 0.1) is 0 Å². The molecule has 1 rings (SSSR count). The second-order valence-corrected chi connectivity index (χ2v) is 4.84. The molecular weight excluding hydrogens is 188 g/mol. The van der Waals surface area contributed by atoms with E-state index >= 15 is 0 Å². The van der Waals surface area contributed by atoms with E-state index in [0.717, 1.165) is 18.4 Å². The summed E-state index contributed by atoms with van der Waals surface area (Å²) in [5.74, 6) is 1.80. The molecule has 3 nitrogen and oxygen atoms in total. The van der Waals surface area contributed by atoms with Crippen molar-refractivity contribution in [3.05, 3.63) is 0 Å². The summed E-state index contributed by atoms with van der Waals surface area (Å²) in [4.78, 5) is 11.0. The first-order chi connectivity index (χ1) is 7.13. The summed E-state index contributed by atoms with van der Waals surface area (Å²) in [5.41, 5.74) is 0. The van der Waals surface area contributed by atoms with Gasteiger partial charge < -0.3 is 10.6 Å². The largest absolute Gasteiger partial charge is 0.359 e. The molecule has 1 fully saturated rings. The monoisotopic (exact) mass is 212 g/mol. The van der Waals surface area contributed by atoms with Crippen LogP contribution in [0.2, 0.25) is 0 Å². The quantitative estimate of drug-likeness (QED) is 0.742. The molecule has 88 valence electrons. The lowest BCUT2D eigenvalue weighted by Crippen LogP contribution is -2.38. The third-order valence-electron chi connectivity index (χ3n) is 3.66. The fourth-order valence-corrected chi connectivity index (χ4v) is 2.25. The third kappa shape index (κ3) is 4.20. The Labute approximate surface area is 93.0 Å². The molecule has 2 N–H and O–H groups in total. The van der Waals surface area contributed by atoms with E-state index in [0.29, 0.717) is 12.5 Å². The van der Waals surface area contributed by atoms with E-state index in [2.05, 4.69) is 24.5 Å². The van der Waals surface area contributed by atoms with Crippen molar-refractivity contribution in [3.63, 3.8) is 0 Å². The molecule has 0 bridgehead atoms. The van der Waals surface area contributed by atoms with Crippen molar-refractivity contribution < 1.29 is 4.79 Å². The molecule has 3 unspecified atom stereocenters. The Morgan fingerprint density at radius 3 is 2.60 bits per heavy atom. The maximum Gasteiger partial charge on any atom is 0.221 e. The maximum atomic E-state index is 11.0. The minimum Gasteiger partial charge on any atom is -0.359 e. The van der Waals surface area contributed by atoms with Crippen LogP contribution in [0.25, 0.3) is 0 Å². The normalized spacial score (nSPS) is 31.3. The summed E-state index contributed by atoms with van der Waals surface area (Å²) in [7, 11) is 1.69. The molecule has 0 spiro atoms. The summed E-state index contributed by atoms with van der Waals surface area (Å²) >= 11 is 0. The van der Waals surface area contributed by atoms with Crippen molar-refractivity contribution in [1.29, 1.82) is 0 Å². The highest BCUT2D eigenvalue weighted by Crippen LogP contribution is 2.29. The third-order valence-corrected chi connectivity index (χ3v) is 3.66. The van der Waals surface area contributed by atoms with Gasteiger partial charge in [-0.25, -0.2) is 0 Å². The Balaban J connectivity index is 2.14. The molecular formula is C12H24N2O. The lowest BCUT2D eigenvalue weighted by Gasteiger charge is -2.32. The van der Waals surface area contributed by atoms with Gasteiger partial charge in [0, 0.05) is 26.1 Å². The molecule has 0 aromatic rings. The topological polar surface area (TPSA) is 41.1 Å². The molecule has 0 aliphatic heterocycles. The van der Waals surface area contributed by atoms with Gasteiger partial charge in [0.2, 0.25) is 5.91 Å². The molecule has 1 aliphatic rings. The molecule has 0 heterocycles. The average Bonchev–Trinajstić information content (AvgIpc) is 2.23. The number of hydrogen-bond acceptors (Lipinski definition) is 2. The van der Waals surface area contributed by atoms with Gasteiger partial charge in [0.15, 0.2) is 0 Å². The predicted octanol–water partition coefficient (Wildman–Crippen LogP) is 1.54. The van der Waals surface area contributed by atoms with Gasteiger partial charge in [-0.1, -0.05) is 13.8 Å². The average molecular weight is 212 g/mol. The summed E-state index contributed by atoms with van der Waals surface area (Å²) in [6.45, 7) is 5.48. The van der Waals surface area contributed by atoms with E-state index in [4.69, 9.17) is 0 Å². The Morgan fingerprint density at radius 1 is 1.27 bits per heavy atom. The molecule has 0 aromatic carbocycles. The second-order valence-electron chi connectivity index (χ2n) is 4.84. The van der Waals surface area contributed by atoms with Gasteiger partial charge >= 0.3 is 0 Å². The fourth-order valence-electron chi connectivity index (χ4n) is 2.25. The van der Waals surface area contributed by atoms with Crippen molar-refractivity contribution in [2.24, 2.45) is 11.8 Å². The molecule has 15 heavy (non-hydrogen) atoms. The lowest BCUT2D eigenvalue weighted by molar-refractivity contribution is -0.120. The van der Waals surface area contributed by atoms with E-state index in [1.807, 2.05) is 0 Å². The molecule has 3 atom stereocenters. The van der Waals surface area contributed by atoms with Gasteiger partial charge in [-0.3, -0.25) is 4.79 Å². The van der Waals surface area contributed by atoms with Crippen molar-refractivity contribution in [1.82, 2.24) is 10.6 Å². The Hall–Kier alpha value is -0.570. The predicted molar refractivity (Wildman–Crippen MR) is 62.7 cm³/mol. The van der Waals surface area contributed by atoms with E-state index < -0.39 is 0 Å². The molecule has 3 heteroatoms. The number of amides is 1. The number of rotatable bonds is 4. The van der Waals surface area contributed by atoms with E-state index in [1.54, 1.807) is 7.05 Å². The van der Waals surface area contributed by atoms with E-state index in [1.165, 1.54) is 19.3 Å². The number of carbonyl (C=O) groups is 1. The van der Waals surface area contributed by atoms with Crippen molar-refractivity contribution in [2.45, 2.75) is 45.6 Å². The van der Waals surface area contributed by atoms with Crippen LogP contribution in [0.15, 0.2) is 0 Å². The van der Waals surface area contributed by atoms with E-state index in [9.17, 15) is 4.79 Å². The number of hydrogen-bond donors (Lipinski definition) is 2. The molecule has 1 amide bonds. The smallest absolute Gasteiger partial charge is 0.221 e. The Bertz CT molecular complexity index is 206. The van der Waals surface area contributed by atoms with Crippen LogP contribution >= 0.6 is 0 Å². The van der Waals surface area contributed by atoms with Crippen LogP contribution in [0.1, 0.15) is 39.5 Å². The molecule has 1 saturated carbocycles. The Morgan fingerprint density at radius 2 is 2.00 bits per heavy atom. The minimum absolute atomic E-state index is 0.125. The van der Waals surface area contributed by atoms with Gasteiger partial charge in [0.1, 0.15) is 0 Å². The van der Waals surface area contributed by atoms with Gasteiger partial charge in [0.25, 0.3) is 0 Å². The van der Waals surface area contributed by atoms with E-state index in [-0.39, 0.29) is 5.91 Å². The summed E-state index contributed by atoms with van der Waals surface area (Å²) in [5, 5.41) is 6.12. The zero-order valence-electron chi connectivity index (χ0n) is 10.2. The summed E-state index contributed by atoms with van der Waals surface area (Å²) in [6.07, 6.45) is 4.43. The van der Waals surface area contributed by atoms with Crippen molar-refractivity contribution in [3.8, 4) is 0 Å². The van der Waals surface area contributed by atoms with Crippen molar-refractivity contribution in [2.75, 3.05) is 13.6 Å². The first-order valence-electron chi connectivity index (χ1n) is 6.07. The van der Waals surface area contributed by atoms with Crippen LogP contribution in [-0.2, 0) is 4.79 Å². The standard InChI is InChI=1S/C12H24N2O/c1-9-4-5-11(8-10(9)2)14-7-6-12(15)13-3/h9-11,14H,4-8H2,1-3H3,(H,13,15). The zero-order valence-corrected chi connectivity index (χ0v) is 10.2. The number of nitrogens with one attached hydrogen (secondary N) is 2. The van der Waals surface area contributed by atoms with Gasteiger partial charge in [-0.15, -0.1) is 0 Å². The highest BCUT2D eigenvalue weighted by atomic mass is 16.1. The fraction of sp³-hybridized carbons (Fsp3) is 0.917. The van der Waals surface area contributed by atoms with Gasteiger partial charge in [-0.2, -0.15) is 0 Å². The SMILES string of the molecule is CNC(=O)CCNC1CCC(C)C(C)C1. The first kappa shape index (κ1) is 12.5. The first-order valence-corrected chi connectivity index (χ1v) is 6.07. The van der Waals surface area contributed by atoms with Crippen LogP contribution in [-0.4, -0.2) is 25.5 Å². The minimum atomic E-state index is 0.125. The molecule has 0 aromatic heterocycles. The van der Waals surface area contributed by atoms with Crippen molar-refractivity contribution >= 4 is 5.91 Å². The highest BCUT2D eigenvalue weighted by molar-refractivity contribution is 5.75. The van der Waals surface area contributed by atoms with Crippen LogP contribution in [0.4, 0.5) is 0 Å². The molecule has 1 aliphatic carbocycles. The number of carbonyl (C=O) groups excluding carboxylic acids is 1.